The first kappa shape index (κ1) is 27.0. The second-order valence-electron chi connectivity index (χ2n) is 11.9. The average molecular weight is 631 g/mol. The lowest BCUT2D eigenvalue weighted by Crippen LogP contribution is -2.44. The molecule has 0 radical (unpaired) electrons. The van der Waals surface area contributed by atoms with Gasteiger partial charge in [0.2, 0.25) is 0 Å². The lowest BCUT2D eigenvalue weighted by Gasteiger charge is -2.31. The first-order chi connectivity index (χ1) is 18.4. The molecule has 0 spiro atoms. The molecular weight excluding hydrogens is 600 g/mol. The third-order valence-corrected chi connectivity index (χ3v) is 9.44. The Kier molecular flexibility index (Phi) is 6.54. The van der Waals surface area contributed by atoms with Gasteiger partial charge >= 0.3 is 12.1 Å². The predicted molar refractivity (Wildman–Crippen MR) is 145 cm³/mol. The van der Waals surface area contributed by atoms with Crippen molar-refractivity contribution in [2.45, 2.75) is 69.5 Å². The van der Waals surface area contributed by atoms with Crippen LogP contribution in [0.1, 0.15) is 40.0 Å². The average Bonchev–Trinajstić information content (AvgIpc) is 3.52. The minimum absolute atomic E-state index is 0.00704. The molecule has 4 aliphatic heterocycles. The van der Waals surface area contributed by atoms with Gasteiger partial charge in [0.15, 0.2) is 11.6 Å². The Bertz CT molecular complexity index is 1350. The molecule has 1 aromatic heterocycles. The molecule has 4 aliphatic rings. The van der Waals surface area contributed by atoms with E-state index in [4.69, 9.17) is 25.8 Å². The molecule has 212 valence electrons. The number of benzene rings is 1. The standard InChI is InChI=1S/C26H31BrClF2N5O4/c1-25(2,3)39-24(36)34-10-14-15(11-34)38-21-16-20(19(30)17(27)18(21)28)31-23(32-22(16)33(14)4)37-12-26-6-5-7-35(26)9-13(29)8-26/h13-15H,5-12H2,1-4H3/t13-,14?,15?,26+/m1/s1. The number of hydrogen-bond donors (Lipinski definition) is 0. The highest BCUT2D eigenvalue weighted by molar-refractivity contribution is 9.10. The van der Waals surface area contributed by atoms with Crippen LogP contribution in [-0.4, -0.2) is 95.2 Å². The summed E-state index contributed by atoms with van der Waals surface area (Å²) in [7, 11) is 1.82. The van der Waals surface area contributed by atoms with E-state index in [-0.39, 0.29) is 46.0 Å². The number of hydrogen-bond acceptors (Lipinski definition) is 8. The number of rotatable bonds is 3. The number of amides is 1. The van der Waals surface area contributed by atoms with Crippen molar-refractivity contribution < 1.29 is 27.8 Å². The molecular formula is C26H31BrClF2N5O4. The molecule has 1 aromatic carbocycles. The molecule has 1 amide bonds. The van der Waals surface area contributed by atoms with Gasteiger partial charge in [0.05, 0.1) is 28.0 Å². The topological polar surface area (TPSA) is 80.3 Å². The Balaban J connectivity index is 1.37. The number of ether oxygens (including phenoxy) is 3. The number of likely N-dealkylation sites (tertiary alicyclic amines) is 1. The third kappa shape index (κ3) is 4.56. The second-order valence-corrected chi connectivity index (χ2v) is 13.1. The molecule has 2 unspecified atom stereocenters. The molecule has 5 heterocycles. The van der Waals surface area contributed by atoms with Gasteiger partial charge in [-0.1, -0.05) is 11.6 Å². The van der Waals surface area contributed by atoms with Gasteiger partial charge in [-0.05, 0) is 56.1 Å². The Morgan fingerprint density at radius 2 is 2.05 bits per heavy atom. The van der Waals surface area contributed by atoms with Crippen LogP contribution in [0.3, 0.4) is 0 Å². The molecule has 9 nitrogen and oxygen atoms in total. The molecule has 39 heavy (non-hydrogen) atoms. The quantitative estimate of drug-likeness (QED) is 0.441. The van der Waals surface area contributed by atoms with E-state index in [2.05, 4.69) is 30.8 Å². The zero-order valence-electron chi connectivity index (χ0n) is 22.3. The van der Waals surface area contributed by atoms with Crippen LogP contribution in [0, 0.1) is 5.82 Å². The summed E-state index contributed by atoms with van der Waals surface area (Å²) in [5.74, 6) is -0.0343. The molecule has 13 heteroatoms. The summed E-state index contributed by atoms with van der Waals surface area (Å²) < 4.78 is 47.9. The van der Waals surface area contributed by atoms with Crippen molar-refractivity contribution in [3.05, 3.63) is 15.3 Å². The molecule has 3 fully saturated rings. The van der Waals surface area contributed by atoms with Crippen LogP contribution in [0.25, 0.3) is 10.9 Å². The van der Waals surface area contributed by atoms with E-state index in [0.29, 0.717) is 30.7 Å². The van der Waals surface area contributed by atoms with Crippen molar-refractivity contribution in [3.63, 3.8) is 0 Å². The maximum absolute atomic E-state index is 15.6. The van der Waals surface area contributed by atoms with E-state index in [0.717, 1.165) is 19.4 Å². The van der Waals surface area contributed by atoms with Crippen LogP contribution in [0.15, 0.2) is 4.47 Å². The highest BCUT2D eigenvalue weighted by atomic mass is 79.9. The summed E-state index contributed by atoms with van der Waals surface area (Å²) in [5, 5.41) is 0.392. The molecule has 0 aliphatic carbocycles. The minimum Gasteiger partial charge on any atom is -0.484 e. The molecule has 3 saturated heterocycles. The third-order valence-electron chi connectivity index (χ3n) is 8.11. The first-order valence-electron chi connectivity index (χ1n) is 13.1. The summed E-state index contributed by atoms with van der Waals surface area (Å²) in [5.41, 5.74) is -1.05. The van der Waals surface area contributed by atoms with Gasteiger partial charge in [-0.3, -0.25) is 4.90 Å². The van der Waals surface area contributed by atoms with Crippen LogP contribution in [0.4, 0.5) is 19.4 Å². The van der Waals surface area contributed by atoms with Gasteiger partial charge in [0.25, 0.3) is 0 Å². The highest BCUT2D eigenvalue weighted by Crippen LogP contribution is 2.48. The van der Waals surface area contributed by atoms with Gasteiger partial charge in [-0.25, -0.2) is 13.6 Å². The van der Waals surface area contributed by atoms with Crippen molar-refractivity contribution in [2.75, 3.05) is 44.7 Å². The lowest BCUT2D eigenvalue weighted by molar-refractivity contribution is 0.0275. The Morgan fingerprint density at radius 3 is 2.79 bits per heavy atom. The van der Waals surface area contributed by atoms with E-state index >= 15 is 4.39 Å². The summed E-state index contributed by atoms with van der Waals surface area (Å²) in [4.78, 5) is 27.5. The number of likely N-dealkylation sites (N-methyl/N-ethyl adjacent to an activating group) is 1. The van der Waals surface area contributed by atoms with Crippen LogP contribution >= 0.6 is 27.5 Å². The summed E-state index contributed by atoms with van der Waals surface area (Å²) >= 11 is 9.82. The maximum Gasteiger partial charge on any atom is 0.410 e. The Labute approximate surface area is 238 Å². The highest BCUT2D eigenvalue weighted by Gasteiger charge is 2.50. The van der Waals surface area contributed by atoms with Gasteiger partial charge in [0.1, 0.15) is 40.8 Å². The fourth-order valence-electron chi connectivity index (χ4n) is 6.31. The van der Waals surface area contributed by atoms with Crippen molar-refractivity contribution >= 4 is 50.3 Å². The number of halogens is 4. The maximum atomic E-state index is 15.6. The smallest absolute Gasteiger partial charge is 0.410 e. The van der Waals surface area contributed by atoms with E-state index < -0.39 is 35.3 Å². The van der Waals surface area contributed by atoms with Crippen molar-refractivity contribution in [1.29, 1.82) is 0 Å². The summed E-state index contributed by atoms with van der Waals surface area (Å²) in [6.07, 6.45) is 0.367. The lowest BCUT2D eigenvalue weighted by atomic mass is 9.95. The molecule has 6 rings (SSSR count). The van der Waals surface area contributed by atoms with Gasteiger partial charge in [-0.2, -0.15) is 9.97 Å². The fourth-order valence-corrected chi connectivity index (χ4v) is 6.90. The SMILES string of the molecule is CN1c2nc(OC[C@@]34CCCN3C[C@H](F)C4)nc3c(F)c(Br)c(Cl)c(c23)OC2CN(C(=O)OC(C)(C)C)CC21. The molecule has 2 aromatic rings. The van der Waals surface area contributed by atoms with Gasteiger partial charge in [-0.15, -0.1) is 0 Å². The predicted octanol–water partition coefficient (Wildman–Crippen LogP) is 4.96. The number of anilines is 1. The number of nitrogens with zero attached hydrogens (tertiary/aromatic N) is 5. The Hall–Kier alpha value is -2.18. The largest absolute Gasteiger partial charge is 0.484 e. The number of alkyl halides is 1. The van der Waals surface area contributed by atoms with Crippen LogP contribution in [-0.2, 0) is 4.74 Å². The second kappa shape index (κ2) is 9.44. The molecule has 4 atom stereocenters. The fraction of sp³-hybridized carbons (Fsp3) is 0.654. The van der Waals surface area contributed by atoms with Crippen molar-refractivity contribution in [1.82, 2.24) is 19.8 Å². The van der Waals surface area contributed by atoms with Crippen molar-refractivity contribution in [2.24, 2.45) is 0 Å². The summed E-state index contributed by atoms with van der Waals surface area (Å²) in [6.45, 7) is 7.43. The van der Waals surface area contributed by atoms with Crippen molar-refractivity contribution in [3.8, 4) is 11.8 Å². The van der Waals surface area contributed by atoms with Gasteiger partial charge < -0.3 is 24.0 Å². The first-order valence-corrected chi connectivity index (χ1v) is 14.3. The minimum atomic E-state index is -0.898. The van der Waals surface area contributed by atoms with Gasteiger partial charge in [0, 0.05) is 26.6 Å². The summed E-state index contributed by atoms with van der Waals surface area (Å²) in [6, 6.07) is -0.327. The number of fused-ring (bicyclic) bond motifs is 2. The van der Waals surface area contributed by atoms with E-state index in [1.807, 2.05) is 32.7 Å². The zero-order valence-corrected chi connectivity index (χ0v) is 24.6. The normalized spacial score (nSPS) is 28.4. The van der Waals surface area contributed by atoms with E-state index in [1.165, 1.54) is 0 Å². The molecule has 0 bridgehead atoms. The molecule has 0 saturated carbocycles. The van der Waals surface area contributed by atoms with Crippen LogP contribution in [0.5, 0.6) is 11.8 Å². The Morgan fingerprint density at radius 1 is 1.28 bits per heavy atom. The number of carbonyl (C=O) groups is 1. The zero-order chi connectivity index (χ0) is 27.9. The van der Waals surface area contributed by atoms with E-state index in [9.17, 15) is 9.18 Å². The number of carbonyl (C=O) groups excluding carboxylic acids is 1. The molecule has 0 N–H and O–H groups in total. The van der Waals surface area contributed by atoms with E-state index in [1.54, 1.807) is 4.90 Å². The van der Waals surface area contributed by atoms with Crippen LogP contribution in [0.2, 0.25) is 5.02 Å². The number of aromatic nitrogens is 2. The van der Waals surface area contributed by atoms with Crippen LogP contribution < -0.4 is 14.4 Å². The monoisotopic (exact) mass is 629 g/mol.